The molecule has 0 bridgehead atoms. The van der Waals surface area contributed by atoms with Crippen LogP contribution >= 0.6 is 27.5 Å². The number of hydrogen-bond acceptors (Lipinski definition) is 3. The first-order valence-electron chi connectivity index (χ1n) is 6.16. The summed E-state index contributed by atoms with van der Waals surface area (Å²) in [5.41, 5.74) is 1.86. The highest BCUT2D eigenvalue weighted by molar-refractivity contribution is 9.10. The van der Waals surface area contributed by atoms with Crippen LogP contribution in [0.2, 0.25) is 5.02 Å². The molecule has 21 heavy (non-hydrogen) atoms. The number of aliphatic imine (C=N–C) groups is 1. The highest BCUT2D eigenvalue weighted by Gasteiger charge is 2.23. The third-order valence-corrected chi connectivity index (χ3v) is 3.61. The highest BCUT2D eigenvalue weighted by Crippen LogP contribution is 2.21. The molecule has 3 rings (SSSR count). The Morgan fingerprint density at radius 3 is 2.62 bits per heavy atom. The number of carbonyl (C=O) groups is 1. The van der Waals surface area contributed by atoms with E-state index < -0.39 is 5.97 Å². The number of ether oxygens (including phenoxy) is 1. The fourth-order valence-corrected chi connectivity index (χ4v) is 2.42. The topological polar surface area (TPSA) is 38.7 Å². The van der Waals surface area contributed by atoms with Gasteiger partial charge in [0.05, 0.1) is 0 Å². The molecule has 0 saturated heterocycles. The molecule has 0 saturated carbocycles. The van der Waals surface area contributed by atoms with E-state index in [2.05, 4.69) is 20.9 Å². The zero-order valence-electron chi connectivity index (χ0n) is 10.7. The Labute approximate surface area is 135 Å². The summed E-state index contributed by atoms with van der Waals surface area (Å²) in [6.07, 6.45) is 1.69. The molecule has 0 aliphatic carbocycles. The van der Waals surface area contributed by atoms with Crippen LogP contribution in [0.1, 0.15) is 11.1 Å². The van der Waals surface area contributed by atoms with Gasteiger partial charge in [0, 0.05) is 15.1 Å². The number of nitrogens with zero attached hydrogens (tertiary/aromatic N) is 1. The summed E-state index contributed by atoms with van der Waals surface area (Å²) in [6.45, 7) is 0. The second-order valence-corrected chi connectivity index (χ2v) is 5.75. The largest absolute Gasteiger partial charge is 0.402 e. The van der Waals surface area contributed by atoms with E-state index in [1.807, 2.05) is 24.3 Å². The number of benzene rings is 2. The van der Waals surface area contributed by atoms with Crippen LogP contribution in [0.3, 0.4) is 0 Å². The molecule has 0 amide bonds. The Kier molecular flexibility index (Phi) is 3.90. The average molecular weight is 363 g/mol. The fraction of sp³-hybridized carbons (Fsp3) is 0. The van der Waals surface area contributed by atoms with Gasteiger partial charge in [0.2, 0.25) is 5.90 Å². The molecule has 0 fully saturated rings. The van der Waals surface area contributed by atoms with E-state index in [0.29, 0.717) is 10.6 Å². The number of esters is 1. The van der Waals surface area contributed by atoms with Crippen LogP contribution in [-0.2, 0) is 9.53 Å². The number of rotatable bonds is 2. The van der Waals surface area contributed by atoms with Crippen molar-refractivity contribution in [3.8, 4) is 0 Å². The molecule has 2 aromatic carbocycles. The van der Waals surface area contributed by atoms with Gasteiger partial charge in [-0.15, -0.1) is 0 Å². The maximum absolute atomic E-state index is 11.9. The van der Waals surface area contributed by atoms with Gasteiger partial charge < -0.3 is 4.74 Å². The fourth-order valence-electron chi connectivity index (χ4n) is 1.88. The molecule has 0 spiro atoms. The summed E-state index contributed by atoms with van der Waals surface area (Å²) in [6, 6.07) is 14.6. The van der Waals surface area contributed by atoms with Gasteiger partial charge >= 0.3 is 5.97 Å². The van der Waals surface area contributed by atoms with Crippen molar-refractivity contribution in [2.45, 2.75) is 0 Å². The molecule has 1 heterocycles. The van der Waals surface area contributed by atoms with Gasteiger partial charge in [-0.3, -0.25) is 0 Å². The molecule has 0 aromatic heterocycles. The number of carbonyl (C=O) groups excluding carboxylic acids is 1. The van der Waals surface area contributed by atoms with E-state index in [9.17, 15) is 4.79 Å². The normalized spacial score (nSPS) is 16.0. The van der Waals surface area contributed by atoms with E-state index >= 15 is 0 Å². The van der Waals surface area contributed by atoms with E-state index in [-0.39, 0.29) is 11.6 Å². The van der Waals surface area contributed by atoms with Crippen molar-refractivity contribution in [1.29, 1.82) is 0 Å². The second-order valence-electron chi connectivity index (χ2n) is 4.40. The Morgan fingerprint density at radius 2 is 1.90 bits per heavy atom. The molecule has 0 atom stereocenters. The lowest BCUT2D eigenvalue weighted by molar-refractivity contribution is -0.129. The highest BCUT2D eigenvalue weighted by atomic mass is 79.9. The van der Waals surface area contributed by atoms with Gasteiger partial charge in [-0.05, 0) is 48.0 Å². The lowest BCUT2D eigenvalue weighted by Gasteiger charge is -1.98. The Balaban J connectivity index is 1.93. The first kappa shape index (κ1) is 14.0. The van der Waals surface area contributed by atoms with Crippen molar-refractivity contribution in [2.24, 2.45) is 4.99 Å². The van der Waals surface area contributed by atoms with Crippen LogP contribution in [0.4, 0.5) is 0 Å². The minimum atomic E-state index is -0.458. The van der Waals surface area contributed by atoms with Gasteiger partial charge in [0.25, 0.3) is 0 Å². The zero-order chi connectivity index (χ0) is 14.8. The summed E-state index contributed by atoms with van der Waals surface area (Å²) in [4.78, 5) is 16.1. The molecule has 1 aliphatic heterocycles. The standard InChI is InChI=1S/C16H9BrClNO2/c17-12-3-1-2-10(8-12)9-14-16(20)21-15(19-14)11-4-6-13(18)7-5-11/h1-9H/b14-9-. The monoisotopic (exact) mass is 361 g/mol. The van der Waals surface area contributed by atoms with Gasteiger partial charge in [-0.25, -0.2) is 9.79 Å². The van der Waals surface area contributed by atoms with Crippen LogP contribution in [0.15, 0.2) is 63.7 Å². The smallest absolute Gasteiger partial charge is 0.363 e. The average Bonchev–Trinajstić information content (AvgIpc) is 2.81. The van der Waals surface area contributed by atoms with Crippen LogP contribution in [0.5, 0.6) is 0 Å². The van der Waals surface area contributed by atoms with Crippen LogP contribution in [0, 0.1) is 0 Å². The van der Waals surface area contributed by atoms with Crippen molar-refractivity contribution in [3.05, 3.63) is 74.9 Å². The predicted octanol–water partition coefficient (Wildman–Crippen LogP) is 4.45. The van der Waals surface area contributed by atoms with Gasteiger partial charge in [0.15, 0.2) is 5.70 Å². The summed E-state index contributed by atoms with van der Waals surface area (Å²) in [5, 5.41) is 0.619. The number of hydrogen-bond donors (Lipinski definition) is 0. The lowest BCUT2D eigenvalue weighted by Crippen LogP contribution is -2.05. The van der Waals surface area contributed by atoms with E-state index in [0.717, 1.165) is 10.0 Å². The van der Waals surface area contributed by atoms with Crippen LogP contribution in [-0.4, -0.2) is 11.9 Å². The Morgan fingerprint density at radius 1 is 1.14 bits per heavy atom. The molecule has 0 N–H and O–H groups in total. The quantitative estimate of drug-likeness (QED) is 0.585. The third-order valence-electron chi connectivity index (χ3n) is 2.86. The van der Waals surface area contributed by atoms with Gasteiger partial charge in [-0.2, -0.15) is 0 Å². The maximum atomic E-state index is 11.9. The first-order chi connectivity index (χ1) is 10.1. The van der Waals surface area contributed by atoms with Crippen molar-refractivity contribution >= 4 is 45.5 Å². The molecule has 0 radical (unpaired) electrons. The number of halogens is 2. The van der Waals surface area contributed by atoms with Gasteiger partial charge in [-0.1, -0.05) is 39.7 Å². The first-order valence-corrected chi connectivity index (χ1v) is 7.33. The molecule has 0 unspecified atom stereocenters. The van der Waals surface area contributed by atoms with Crippen molar-refractivity contribution in [2.75, 3.05) is 0 Å². The molecular formula is C16H9BrClNO2. The molecule has 104 valence electrons. The number of cyclic esters (lactones) is 1. The summed E-state index contributed by atoms with van der Waals surface area (Å²) < 4.78 is 6.13. The van der Waals surface area contributed by atoms with Crippen molar-refractivity contribution in [1.82, 2.24) is 0 Å². The zero-order valence-corrected chi connectivity index (χ0v) is 13.1. The Bertz CT molecular complexity index is 766. The SMILES string of the molecule is O=C1OC(c2ccc(Cl)cc2)=N/C1=C\c1cccc(Br)c1. The molecule has 3 nitrogen and oxygen atoms in total. The van der Waals surface area contributed by atoms with Crippen LogP contribution < -0.4 is 0 Å². The molecular weight excluding hydrogens is 354 g/mol. The van der Waals surface area contributed by atoms with E-state index in [1.54, 1.807) is 30.3 Å². The minimum Gasteiger partial charge on any atom is -0.402 e. The van der Waals surface area contributed by atoms with E-state index in [1.165, 1.54) is 0 Å². The molecule has 1 aliphatic rings. The molecule has 5 heteroatoms. The Hall–Kier alpha value is -1.91. The summed E-state index contributed by atoms with van der Waals surface area (Å²) >= 11 is 9.22. The summed E-state index contributed by atoms with van der Waals surface area (Å²) in [7, 11) is 0. The van der Waals surface area contributed by atoms with Crippen molar-refractivity contribution in [3.63, 3.8) is 0 Å². The van der Waals surface area contributed by atoms with Crippen molar-refractivity contribution < 1.29 is 9.53 Å². The van der Waals surface area contributed by atoms with E-state index in [4.69, 9.17) is 16.3 Å². The molecule has 2 aromatic rings. The third kappa shape index (κ3) is 3.23. The predicted molar refractivity (Wildman–Crippen MR) is 86.2 cm³/mol. The van der Waals surface area contributed by atoms with Crippen LogP contribution in [0.25, 0.3) is 6.08 Å². The minimum absolute atomic E-state index is 0.276. The maximum Gasteiger partial charge on any atom is 0.363 e. The summed E-state index contributed by atoms with van der Waals surface area (Å²) in [5.74, 6) is -0.169. The van der Waals surface area contributed by atoms with Gasteiger partial charge in [0.1, 0.15) is 0 Å². The lowest BCUT2D eigenvalue weighted by atomic mass is 10.2. The second kappa shape index (κ2) is 5.84.